The fraction of sp³-hybridized carbons (Fsp3) is 0. The second kappa shape index (κ2) is 13.0. The van der Waals surface area contributed by atoms with Crippen molar-refractivity contribution in [3.63, 3.8) is 0 Å². The zero-order chi connectivity index (χ0) is 37.0. The third kappa shape index (κ3) is 5.27. The quantitative estimate of drug-likeness (QED) is 0.172. The van der Waals surface area contributed by atoms with Gasteiger partial charge in [0.05, 0.1) is 39.3 Å². The smallest absolute Gasteiger partial charge is 0.145 e. The van der Waals surface area contributed by atoms with Crippen molar-refractivity contribution in [1.29, 1.82) is 0 Å². The molecule has 0 N–H and O–H groups in total. The maximum Gasteiger partial charge on any atom is 0.145 e. The van der Waals surface area contributed by atoms with E-state index >= 15 is 0 Å². The zero-order valence-electron chi connectivity index (χ0n) is 30.2. The molecule has 0 saturated carbocycles. The van der Waals surface area contributed by atoms with Crippen LogP contribution in [-0.4, -0.2) is 29.1 Å². The minimum atomic E-state index is 0.802. The Morgan fingerprint density at radius 2 is 0.875 bits per heavy atom. The van der Waals surface area contributed by atoms with E-state index in [1.54, 1.807) is 12.4 Å². The van der Waals surface area contributed by atoms with Gasteiger partial charge in [0, 0.05) is 57.1 Å². The maximum atomic E-state index is 5.17. The summed E-state index contributed by atoms with van der Waals surface area (Å²) in [5.41, 5.74) is 14.2. The number of hydrogen-bond acceptors (Lipinski definition) is 4. The van der Waals surface area contributed by atoms with E-state index in [2.05, 4.69) is 159 Å². The van der Waals surface area contributed by atoms with E-state index in [4.69, 9.17) is 9.97 Å². The first-order chi connectivity index (χ1) is 27.8. The fourth-order valence-corrected chi connectivity index (χ4v) is 8.06. The molecule has 0 radical (unpaired) electrons. The summed E-state index contributed by atoms with van der Waals surface area (Å²) in [7, 11) is 0. The molecular weight excluding hydrogens is 685 g/mol. The lowest BCUT2D eigenvalue weighted by Crippen LogP contribution is -1.96. The molecular formula is C50H32N6. The molecule has 0 atom stereocenters. The first-order valence-electron chi connectivity index (χ1n) is 18.7. The molecule has 0 aliphatic carbocycles. The zero-order valence-corrected chi connectivity index (χ0v) is 30.2. The molecule has 0 aliphatic heterocycles. The Hall–Kier alpha value is -7.70. The Balaban J connectivity index is 1.01. The van der Waals surface area contributed by atoms with E-state index in [1.807, 2.05) is 42.6 Å². The second-order valence-corrected chi connectivity index (χ2v) is 14.0. The van der Waals surface area contributed by atoms with Crippen LogP contribution in [0.2, 0.25) is 0 Å². The van der Waals surface area contributed by atoms with Gasteiger partial charge in [-0.25, -0.2) is 9.97 Å². The molecule has 11 rings (SSSR count). The predicted molar refractivity (Wildman–Crippen MR) is 228 cm³/mol. The fourth-order valence-electron chi connectivity index (χ4n) is 8.06. The van der Waals surface area contributed by atoms with Crippen LogP contribution in [0.25, 0.3) is 100 Å². The average Bonchev–Trinajstić information content (AvgIpc) is 3.79. The molecule has 6 aromatic heterocycles. The van der Waals surface area contributed by atoms with E-state index in [0.717, 1.165) is 78.3 Å². The number of rotatable bonds is 6. The molecule has 0 amide bonds. The Labute approximate surface area is 322 Å². The van der Waals surface area contributed by atoms with Crippen LogP contribution in [0.15, 0.2) is 195 Å². The largest absolute Gasteiger partial charge is 0.309 e. The molecule has 0 bridgehead atoms. The number of hydrogen-bond donors (Lipinski definition) is 0. The van der Waals surface area contributed by atoms with Crippen LogP contribution in [0.1, 0.15) is 0 Å². The SMILES string of the molecule is c1ccc(-n2c3ccccc3c3cc(-c4cnc5c(c4)c4ccccc4n5-c4ccc(-c5cc(-c6ccccn6)nc(-c6ccccn6)c5)cc4)ccc32)cc1. The van der Waals surface area contributed by atoms with Crippen molar-refractivity contribution < 1.29 is 0 Å². The third-order valence-electron chi connectivity index (χ3n) is 10.7. The summed E-state index contributed by atoms with van der Waals surface area (Å²) in [5.74, 6) is 0. The Morgan fingerprint density at radius 1 is 0.321 bits per heavy atom. The van der Waals surface area contributed by atoms with Gasteiger partial charge in [0.2, 0.25) is 0 Å². The number of para-hydroxylation sites is 3. The summed E-state index contributed by atoms with van der Waals surface area (Å²) < 4.78 is 4.61. The number of benzene rings is 5. The number of pyridine rings is 4. The molecule has 262 valence electrons. The highest BCUT2D eigenvalue weighted by Gasteiger charge is 2.17. The molecule has 56 heavy (non-hydrogen) atoms. The van der Waals surface area contributed by atoms with Crippen LogP contribution < -0.4 is 0 Å². The molecule has 0 fully saturated rings. The maximum absolute atomic E-state index is 5.17. The number of fused-ring (bicyclic) bond motifs is 6. The van der Waals surface area contributed by atoms with E-state index in [-0.39, 0.29) is 0 Å². The van der Waals surface area contributed by atoms with Gasteiger partial charge in [-0.1, -0.05) is 84.9 Å². The average molecular weight is 717 g/mol. The molecule has 6 heteroatoms. The normalized spacial score (nSPS) is 11.6. The van der Waals surface area contributed by atoms with Crippen LogP contribution in [0, 0.1) is 0 Å². The molecule has 6 nitrogen and oxygen atoms in total. The Bertz CT molecular complexity index is 3160. The van der Waals surface area contributed by atoms with Crippen molar-refractivity contribution in [3.8, 4) is 56.4 Å². The van der Waals surface area contributed by atoms with Crippen LogP contribution in [-0.2, 0) is 0 Å². The van der Waals surface area contributed by atoms with Gasteiger partial charge in [-0.05, 0) is 108 Å². The predicted octanol–water partition coefficient (Wildman–Crippen LogP) is 12.1. The van der Waals surface area contributed by atoms with Gasteiger partial charge in [-0.3, -0.25) is 14.5 Å². The van der Waals surface area contributed by atoms with Gasteiger partial charge < -0.3 is 4.57 Å². The molecule has 5 aromatic carbocycles. The van der Waals surface area contributed by atoms with Gasteiger partial charge in [-0.15, -0.1) is 0 Å². The summed E-state index contributed by atoms with van der Waals surface area (Å²) >= 11 is 0. The standard InChI is InChI=1S/C50H32N6/c1-2-12-37(13-3-1)55-47-18-6-4-14-39(47)41-28-34(22-25-49(41)55)36-29-42-40-15-5-7-19-48(40)56(50(42)53-32-36)38-23-20-33(21-24-38)35-30-45(43-16-8-10-26-51-43)54-46(31-35)44-17-9-11-27-52-44/h1-32H. The summed E-state index contributed by atoms with van der Waals surface area (Å²) in [6, 6.07) is 61.6. The van der Waals surface area contributed by atoms with Gasteiger partial charge in [0.25, 0.3) is 0 Å². The summed E-state index contributed by atoms with van der Waals surface area (Å²) in [6.45, 7) is 0. The van der Waals surface area contributed by atoms with Crippen LogP contribution in [0.3, 0.4) is 0 Å². The highest BCUT2D eigenvalue weighted by molar-refractivity contribution is 6.12. The van der Waals surface area contributed by atoms with E-state index in [0.29, 0.717) is 0 Å². The lowest BCUT2D eigenvalue weighted by atomic mass is 10.0. The van der Waals surface area contributed by atoms with E-state index in [9.17, 15) is 0 Å². The van der Waals surface area contributed by atoms with Crippen molar-refractivity contribution in [1.82, 2.24) is 29.1 Å². The van der Waals surface area contributed by atoms with Crippen molar-refractivity contribution in [3.05, 3.63) is 195 Å². The highest BCUT2D eigenvalue weighted by atomic mass is 15.0. The van der Waals surface area contributed by atoms with E-state index in [1.165, 1.54) is 21.8 Å². The van der Waals surface area contributed by atoms with Gasteiger partial charge in [0.1, 0.15) is 5.65 Å². The van der Waals surface area contributed by atoms with Crippen LogP contribution in [0.4, 0.5) is 0 Å². The molecule has 6 heterocycles. The second-order valence-electron chi connectivity index (χ2n) is 14.0. The van der Waals surface area contributed by atoms with Gasteiger partial charge >= 0.3 is 0 Å². The van der Waals surface area contributed by atoms with E-state index < -0.39 is 0 Å². The van der Waals surface area contributed by atoms with Gasteiger partial charge in [0.15, 0.2) is 0 Å². The minimum Gasteiger partial charge on any atom is -0.309 e. The van der Waals surface area contributed by atoms with Crippen molar-refractivity contribution >= 4 is 43.7 Å². The monoisotopic (exact) mass is 716 g/mol. The van der Waals surface area contributed by atoms with Crippen LogP contribution >= 0.6 is 0 Å². The first-order valence-corrected chi connectivity index (χ1v) is 18.7. The van der Waals surface area contributed by atoms with Gasteiger partial charge in [-0.2, -0.15) is 0 Å². The molecule has 0 unspecified atom stereocenters. The topological polar surface area (TPSA) is 61.4 Å². The highest BCUT2D eigenvalue weighted by Crippen LogP contribution is 2.38. The van der Waals surface area contributed by atoms with Crippen molar-refractivity contribution in [2.75, 3.05) is 0 Å². The molecule has 0 spiro atoms. The molecule has 0 aliphatic rings. The number of nitrogens with zero attached hydrogens (tertiary/aromatic N) is 6. The van der Waals surface area contributed by atoms with Crippen LogP contribution in [0.5, 0.6) is 0 Å². The van der Waals surface area contributed by atoms with Crippen molar-refractivity contribution in [2.24, 2.45) is 0 Å². The summed E-state index contributed by atoms with van der Waals surface area (Å²) in [5, 5.41) is 4.73. The summed E-state index contributed by atoms with van der Waals surface area (Å²) in [6.07, 6.45) is 5.61. The lowest BCUT2D eigenvalue weighted by molar-refractivity contribution is 1.14. The number of aromatic nitrogens is 6. The first kappa shape index (κ1) is 31.8. The Morgan fingerprint density at radius 3 is 1.55 bits per heavy atom. The Kier molecular flexibility index (Phi) is 7.38. The molecule has 0 saturated heterocycles. The summed E-state index contributed by atoms with van der Waals surface area (Å²) in [4.78, 5) is 19.3. The lowest BCUT2D eigenvalue weighted by Gasteiger charge is -2.11. The third-order valence-corrected chi connectivity index (χ3v) is 10.7. The molecule has 11 aromatic rings. The van der Waals surface area contributed by atoms with Crippen molar-refractivity contribution in [2.45, 2.75) is 0 Å². The minimum absolute atomic E-state index is 0.802.